The van der Waals surface area contributed by atoms with Crippen molar-refractivity contribution in [3.8, 4) is 0 Å². The highest BCUT2D eigenvalue weighted by molar-refractivity contribution is 7.09. The molecule has 3 nitrogen and oxygen atoms in total. The Morgan fingerprint density at radius 1 is 1.36 bits per heavy atom. The van der Waals surface area contributed by atoms with Gasteiger partial charge in [-0.2, -0.15) is 0 Å². The molecule has 0 radical (unpaired) electrons. The third-order valence-corrected chi connectivity index (χ3v) is 5.33. The minimum absolute atomic E-state index is 0.157. The van der Waals surface area contributed by atoms with Gasteiger partial charge in [0.2, 0.25) is 5.91 Å². The first-order chi connectivity index (χ1) is 10.6. The molecule has 3 rings (SSSR count). The zero-order chi connectivity index (χ0) is 15.5. The number of aromatic nitrogens is 1. The fraction of sp³-hybridized carbons (Fsp3) is 0.500. The second-order valence-corrected chi connectivity index (χ2v) is 7.21. The van der Waals surface area contributed by atoms with Gasteiger partial charge in [0, 0.05) is 35.3 Å². The van der Waals surface area contributed by atoms with Crippen molar-refractivity contribution in [2.45, 2.75) is 52.0 Å². The molecule has 0 saturated heterocycles. The number of carbonyl (C=O) groups is 1. The molecule has 22 heavy (non-hydrogen) atoms. The van der Waals surface area contributed by atoms with E-state index < -0.39 is 0 Å². The Balaban J connectivity index is 1.44. The van der Waals surface area contributed by atoms with E-state index >= 15 is 0 Å². The molecular weight excluding hydrogens is 292 g/mol. The van der Waals surface area contributed by atoms with Crippen LogP contribution in [-0.4, -0.2) is 17.0 Å². The lowest BCUT2D eigenvalue weighted by Crippen LogP contribution is -2.25. The standard InChI is InChI=1S/C18H24N2OS/c1-13-12-15(14(2)20(13)16-5-6-16)9-10-19-18(21)8-7-17-4-3-11-22-17/h3-4,11-12,16H,5-10H2,1-2H3,(H,19,21). The maximum Gasteiger partial charge on any atom is 0.220 e. The third-order valence-electron chi connectivity index (χ3n) is 4.40. The summed E-state index contributed by atoms with van der Waals surface area (Å²) in [4.78, 5) is 13.2. The Morgan fingerprint density at radius 3 is 2.86 bits per heavy atom. The summed E-state index contributed by atoms with van der Waals surface area (Å²) in [6.45, 7) is 5.13. The first-order valence-corrected chi connectivity index (χ1v) is 8.99. The number of carbonyl (C=O) groups excluding carboxylic acids is 1. The molecule has 4 heteroatoms. The highest BCUT2D eigenvalue weighted by Crippen LogP contribution is 2.38. The number of hydrogen-bond acceptors (Lipinski definition) is 2. The predicted molar refractivity (Wildman–Crippen MR) is 91.5 cm³/mol. The number of amides is 1. The number of nitrogens with one attached hydrogen (secondary N) is 1. The van der Waals surface area contributed by atoms with Gasteiger partial charge in [0.1, 0.15) is 0 Å². The van der Waals surface area contributed by atoms with E-state index in [1.165, 1.54) is 34.7 Å². The van der Waals surface area contributed by atoms with Gasteiger partial charge in [-0.05, 0) is 62.6 Å². The monoisotopic (exact) mass is 316 g/mol. The van der Waals surface area contributed by atoms with Crippen molar-refractivity contribution in [3.63, 3.8) is 0 Å². The molecule has 1 aliphatic rings. The maximum absolute atomic E-state index is 11.9. The number of thiophene rings is 1. The van der Waals surface area contributed by atoms with Gasteiger partial charge < -0.3 is 9.88 Å². The molecule has 1 aliphatic carbocycles. The predicted octanol–water partition coefficient (Wildman–Crippen LogP) is 3.79. The molecular formula is C18H24N2OS. The lowest BCUT2D eigenvalue weighted by molar-refractivity contribution is -0.121. The van der Waals surface area contributed by atoms with E-state index in [9.17, 15) is 4.79 Å². The van der Waals surface area contributed by atoms with Crippen LogP contribution in [0.3, 0.4) is 0 Å². The number of rotatable bonds is 7. The second-order valence-electron chi connectivity index (χ2n) is 6.18. The third kappa shape index (κ3) is 3.61. The Hall–Kier alpha value is -1.55. The van der Waals surface area contributed by atoms with Gasteiger partial charge in [-0.15, -0.1) is 11.3 Å². The van der Waals surface area contributed by atoms with Crippen molar-refractivity contribution in [1.29, 1.82) is 0 Å². The molecule has 0 atom stereocenters. The zero-order valence-electron chi connectivity index (χ0n) is 13.4. The summed E-state index contributed by atoms with van der Waals surface area (Å²) in [5, 5.41) is 5.11. The Labute approximate surface area is 136 Å². The summed E-state index contributed by atoms with van der Waals surface area (Å²) < 4.78 is 2.47. The van der Waals surface area contributed by atoms with Crippen LogP contribution >= 0.6 is 11.3 Å². The SMILES string of the molecule is Cc1cc(CCNC(=O)CCc2cccs2)c(C)n1C1CC1. The van der Waals surface area contributed by atoms with E-state index in [1.807, 2.05) is 6.07 Å². The lowest BCUT2D eigenvalue weighted by Gasteiger charge is -2.08. The van der Waals surface area contributed by atoms with E-state index in [0.29, 0.717) is 6.42 Å². The van der Waals surface area contributed by atoms with Crippen molar-refractivity contribution >= 4 is 17.2 Å². The smallest absolute Gasteiger partial charge is 0.220 e. The van der Waals surface area contributed by atoms with Gasteiger partial charge in [0.15, 0.2) is 0 Å². The van der Waals surface area contributed by atoms with Crippen molar-refractivity contribution in [2.75, 3.05) is 6.54 Å². The van der Waals surface area contributed by atoms with Crippen LogP contribution in [0.1, 0.15) is 47.1 Å². The summed E-state index contributed by atoms with van der Waals surface area (Å²) in [7, 11) is 0. The Kier molecular flexibility index (Phi) is 4.67. The molecule has 1 fully saturated rings. The molecule has 0 bridgehead atoms. The van der Waals surface area contributed by atoms with Crippen LogP contribution < -0.4 is 5.32 Å². The van der Waals surface area contributed by atoms with Crippen LogP contribution in [0, 0.1) is 13.8 Å². The molecule has 1 N–H and O–H groups in total. The Morgan fingerprint density at radius 2 is 2.18 bits per heavy atom. The number of nitrogens with zero attached hydrogens (tertiary/aromatic N) is 1. The van der Waals surface area contributed by atoms with Crippen molar-refractivity contribution in [2.24, 2.45) is 0 Å². The molecule has 1 amide bonds. The average Bonchev–Trinajstić information content (AvgIpc) is 3.09. The van der Waals surface area contributed by atoms with Crippen LogP contribution in [0.5, 0.6) is 0 Å². The number of hydrogen-bond donors (Lipinski definition) is 1. The molecule has 0 spiro atoms. The van der Waals surface area contributed by atoms with Crippen molar-refractivity contribution < 1.29 is 4.79 Å². The minimum Gasteiger partial charge on any atom is -0.356 e. The topological polar surface area (TPSA) is 34.0 Å². The van der Waals surface area contributed by atoms with Gasteiger partial charge >= 0.3 is 0 Å². The summed E-state index contributed by atoms with van der Waals surface area (Å²) in [5.74, 6) is 0.157. The molecule has 2 aromatic rings. The van der Waals surface area contributed by atoms with E-state index in [2.05, 4.69) is 41.2 Å². The highest BCUT2D eigenvalue weighted by Gasteiger charge is 2.26. The van der Waals surface area contributed by atoms with E-state index in [0.717, 1.165) is 25.4 Å². The molecule has 0 unspecified atom stereocenters. The summed E-state index contributed by atoms with van der Waals surface area (Å²) in [5.41, 5.74) is 4.12. The van der Waals surface area contributed by atoms with Gasteiger partial charge in [-0.25, -0.2) is 0 Å². The maximum atomic E-state index is 11.9. The molecule has 0 aromatic carbocycles. The lowest BCUT2D eigenvalue weighted by atomic mass is 10.1. The van der Waals surface area contributed by atoms with E-state index in [-0.39, 0.29) is 5.91 Å². The summed E-state index contributed by atoms with van der Waals surface area (Å²) >= 11 is 1.72. The van der Waals surface area contributed by atoms with Crippen LogP contribution in [0.25, 0.3) is 0 Å². The molecule has 0 aliphatic heterocycles. The highest BCUT2D eigenvalue weighted by atomic mass is 32.1. The quantitative estimate of drug-likeness (QED) is 0.828. The summed E-state index contributed by atoms with van der Waals surface area (Å²) in [6, 6.07) is 7.14. The largest absolute Gasteiger partial charge is 0.356 e. The molecule has 118 valence electrons. The first-order valence-electron chi connectivity index (χ1n) is 8.11. The number of aryl methyl sites for hydroxylation is 2. The van der Waals surface area contributed by atoms with Crippen LogP contribution in [0.15, 0.2) is 23.6 Å². The van der Waals surface area contributed by atoms with E-state index in [4.69, 9.17) is 0 Å². The summed E-state index contributed by atoms with van der Waals surface area (Å²) in [6.07, 6.45) is 4.99. The zero-order valence-corrected chi connectivity index (χ0v) is 14.2. The first kappa shape index (κ1) is 15.3. The molecule has 1 saturated carbocycles. The Bertz CT molecular complexity index is 638. The van der Waals surface area contributed by atoms with Crippen LogP contribution in [0.2, 0.25) is 0 Å². The van der Waals surface area contributed by atoms with Gasteiger partial charge in [-0.1, -0.05) is 6.07 Å². The molecule has 2 heterocycles. The average molecular weight is 316 g/mol. The van der Waals surface area contributed by atoms with Gasteiger partial charge in [0.25, 0.3) is 0 Å². The van der Waals surface area contributed by atoms with Crippen LogP contribution in [-0.2, 0) is 17.6 Å². The molecule has 2 aromatic heterocycles. The van der Waals surface area contributed by atoms with Gasteiger partial charge in [0.05, 0.1) is 0 Å². The fourth-order valence-electron chi connectivity index (χ4n) is 3.11. The normalized spacial score (nSPS) is 14.3. The fourth-order valence-corrected chi connectivity index (χ4v) is 3.82. The van der Waals surface area contributed by atoms with E-state index in [1.54, 1.807) is 11.3 Å². The van der Waals surface area contributed by atoms with Crippen molar-refractivity contribution in [3.05, 3.63) is 45.4 Å². The second kappa shape index (κ2) is 6.69. The van der Waals surface area contributed by atoms with Crippen LogP contribution in [0.4, 0.5) is 0 Å². The van der Waals surface area contributed by atoms with Crippen molar-refractivity contribution in [1.82, 2.24) is 9.88 Å². The minimum atomic E-state index is 0.157. The van der Waals surface area contributed by atoms with Gasteiger partial charge in [-0.3, -0.25) is 4.79 Å².